The molecule has 0 spiro atoms. The minimum Gasteiger partial charge on any atom is -2.00 e. The van der Waals surface area contributed by atoms with Gasteiger partial charge in [0.05, 0.1) is 0 Å². The van der Waals surface area contributed by atoms with E-state index in [1.54, 1.807) is 0 Å². The Bertz CT molecular complexity index is 8.75. The van der Waals surface area contributed by atoms with E-state index >= 15 is 0 Å². The van der Waals surface area contributed by atoms with Crippen LogP contribution in [0.3, 0.4) is 0 Å². The maximum absolute atomic E-state index is 0. The van der Waals surface area contributed by atoms with Gasteiger partial charge in [-0.3, -0.25) is 0 Å². The van der Waals surface area contributed by atoms with Gasteiger partial charge in [0.15, 0.2) is 0 Å². The Morgan fingerprint density at radius 2 is 0.500 bits per heavy atom. The number of hydrogen-bond donors (Lipinski definition) is 0. The van der Waals surface area contributed by atoms with Gasteiger partial charge in [0.1, 0.15) is 0 Å². The number of rotatable bonds is 0. The first-order valence-electron chi connectivity index (χ1n) is 0. The molecule has 0 fully saturated rings. The van der Waals surface area contributed by atoms with Crippen LogP contribution in [-0.2, 0) is 51.2 Å². The third-order valence-electron chi connectivity index (χ3n) is 0. The molecule has 0 bridgehead atoms. The third kappa shape index (κ3) is 34.6. The van der Waals surface area contributed by atoms with Crippen LogP contribution in [0.5, 0.6) is 0 Å². The van der Waals surface area contributed by atoms with Crippen molar-refractivity contribution >= 4 is 0 Å². The largest absolute Gasteiger partial charge is 3.00 e. The zero-order chi connectivity index (χ0) is 0. The van der Waals surface area contributed by atoms with Crippen molar-refractivity contribution in [1.29, 1.82) is 0 Å². The zero-order valence-electron chi connectivity index (χ0n) is 2.39. The normalized spacial score (nSPS) is 0. The molecule has 0 aliphatic carbocycles. The van der Waals surface area contributed by atoms with E-state index < -0.39 is 0 Å². The minimum absolute atomic E-state index is 0. The monoisotopic (exact) mass is 192 g/mol. The Hall–Kier alpha value is 2.20. The summed E-state index contributed by atoms with van der Waals surface area (Å²) in [5, 5.41) is 0. The van der Waals surface area contributed by atoms with Crippen molar-refractivity contribution in [1.82, 2.24) is 0 Å². The Labute approximate surface area is 87.7 Å². The summed E-state index contributed by atoms with van der Waals surface area (Å²) in [5.74, 6) is 0. The molecule has 0 rings (SSSR count). The molecule has 6 heavy (non-hydrogen) atoms. The zero-order valence-corrected chi connectivity index (χ0v) is 5.65. The molecule has 0 N–H and O–H groups in total. The standard InChI is InChI=1S/Ar.2Cr.3O/q;2*+3;3*-2. The van der Waals surface area contributed by atoms with E-state index in [9.17, 15) is 0 Å². The second-order valence-corrected chi connectivity index (χ2v) is 0. The minimum atomic E-state index is 0. The summed E-state index contributed by atoms with van der Waals surface area (Å²) in [4.78, 5) is 0. The van der Waals surface area contributed by atoms with Crippen molar-refractivity contribution in [2.75, 3.05) is 0 Å². The molecule has 0 amide bonds. The molecule has 0 heterocycles. The molecule has 0 aliphatic heterocycles. The van der Waals surface area contributed by atoms with E-state index in [1.165, 1.54) is 0 Å². The maximum Gasteiger partial charge on any atom is 3.00 e. The van der Waals surface area contributed by atoms with Crippen LogP contribution in [0.25, 0.3) is 0 Å². The molecule has 0 aromatic carbocycles. The van der Waals surface area contributed by atoms with Gasteiger partial charge in [0.2, 0.25) is 0 Å². The molecular formula is ArCr2O3. The van der Waals surface area contributed by atoms with Gasteiger partial charge in [0, 0.05) is 37.7 Å². The van der Waals surface area contributed by atoms with Gasteiger partial charge in [-0.15, -0.1) is 0 Å². The Morgan fingerprint density at radius 1 is 0.500 bits per heavy atom. The fraction of sp³-hybridized carbons (Fsp3) is 0. The van der Waals surface area contributed by atoms with E-state index in [4.69, 9.17) is 0 Å². The molecule has 0 aromatic heterocycles. The third-order valence-corrected chi connectivity index (χ3v) is 0. The summed E-state index contributed by atoms with van der Waals surface area (Å²) in [6, 6.07) is 0. The molecule has 6 heteroatoms. The molecule has 0 atom stereocenters. The quantitative estimate of drug-likeness (QED) is 0.501. The van der Waals surface area contributed by atoms with Gasteiger partial charge in [0.25, 0.3) is 0 Å². The SMILES string of the molecule is [Ar].[Cr+3].[Cr+3].[O-2].[O-2].[O-2]. The van der Waals surface area contributed by atoms with Crippen LogP contribution in [0.2, 0.25) is 0 Å². The predicted octanol–water partition coefficient (Wildman–Crippen LogP) is -0.361. The average Bonchev–Trinajstić information content (AvgIpc) is 0. The molecule has 0 aromatic rings. The second kappa shape index (κ2) is 57.1. The Balaban J connectivity index is 0. The smallest absolute Gasteiger partial charge is 2.00 e. The maximum atomic E-state index is 0. The van der Waals surface area contributed by atoms with Gasteiger partial charge in [-0.1, -0.05) is 0 Å². The van der Waals surface area contributed by atoms with Gasteiger partial charge in [-0.2, -0.15) is 0 Å². The molecule has 38 valence electrons. The van der Waals surface area contributed by atoms with Crippen LogP contribution in [0.1, 0.15) is 0 Å². The average molecular weight is 192 g/mol. The van der Waals surface area contributed by atoms with Gasteiger partial charge in [-0.25, -0.2) is 0 Å². The molecule has 0 unspecified atom stereocenters. The molecule has 2 radical (unpaired) electrons. The van der Waals surface area contributed by atoms with Gasteiger partial charge in [-0.05, 0) is 0 Å². The van der Waals surface area contributed by atoms with Gasteiger partial charge >= 0.3 is 34.7 Å². The second-order valence-electron chi connectivity index (χ2n) is 0. The van der Waals surface area contributed by atoms with Crippen molar-refractivity contribution in [3.63, 3.8) is 0 Å². The van der Waals surface area contributed by atoms with Crippen LogP contribution in [0.15, 0.2) is 0 Å². The fourth-order valence-electron chi connectivity index (χ4n) is 0. The van der Waals surface area contributed by atoms with Crippen LogP contribution in [0.4, 0.5) is 0 Å². The van der Waals surface area contributed by atoms with Gasteiger partial charge < -0.3 is 16.4 Å². The molecule has 0 aliphatic rings. The van der Waals surface area contributed by atoms with E-state index in [0.29, 0.717) is 0 Å². The first-order chi connectivity index (χ1) is 0. The molecular weight excluding hydrogens is 192 g/mol. The summed E-state index contributed by atoms with van der Waals surface area (Å²) in [7, 11) is 0. The van der Waals surface area contributed by atoms with E-state index in [1.807, 2.05) is 0 Å². The van der Waals surface area contributed by atoms with Crippen molar-refractivity contribution in [2.24, 2.45) is 0 Å². The Kier molecular flexibility index (Phi) is 833. The molecule has 3 nitrogen and oxygen atoms in total. The first kappa shape index (κ1) is 87.6. The molecule has 0 saturated carbocycles. The van der Waals surface area contributed by atoms with E-state index in [-0.39, 0.29) is 88.9 Å². The van der Waals surface area contributed by atoms with Crippen LogP contribution >= 0.6 is 0 Å². The van der Waals surface area contributed by atoms with Crippen molar-refractivity contribution < 1.29 is 88.9 Å². The van der Waals surface area contributed by atoms with Crippen molar-refractivity contribution in [3.05, 3.63) is 0 Å². The van der Waals surface area contributed by atoms with Crippen LogP contribution in [-0.4, -0.2) is 0 Å². The first-order valence-corrected chi connectivity index (χ1v) is 0. The topological polar surface area (TPSA) is 85.5 Å². The van der Waals surface area contributed by atoms with E-state index in [0.717, 1.165) is 0 Å². The molecule has 0 saturated heterocycles. The fourth-order valence-corrected chi connectivity index (χ4v) is 0. The van der Waals surface area contributed by atoms with Crippen LogP contribution < -0.4 is 0 Å². The Morgan fingerprint density at radius 3 is 0.500 bits per heavy atom. The summed E-state index contributed by atoms with van der Waals surface area (Å²) in [5.41, 5.74) is 0. The summed E-state index contributed by atoms with van der Waals surface area (Å²) >= 11 is 0. The number of hydrogen-bond acceptors (Lipinski definition) is 0. The van der Waals surface area contributed by atoms with Crippen molar-refractivity contribution in [3.8, 4) is 0 Å². The summed E-state index contributed by atoms with van der Waals surface area (Å²) in [6.07, 6.45) is 0. The predicted molar refractivity (Wildman–Crippen MR) is 2.06 cm³/mol. The van der Waals surface area contributed by atoms with Crippen molar-refractivity contribution in [2.45, 2.75) is 0 Å². The summed E-state index contributed by atoms with van der Waals surface area (Å²) in [6.45, 7) is 0. The van der Waals surface area contributed by atoms with Crippen LogP contribution in [0, 0.1) is 37.7 Å². The van der Waals surface area contributed by atoms with E-state index in [2.05, 4.69) is 0 Å². The summed E-state index contributed by atoms with van der Waals surface area (Å²) < 4.78 is 0.